The van der Waals surface area contributed by atoms with Crippen molar-refractivity contribution in [2.75, 3.05) is 12.3 Å². The van der Waals surface area contributed by atoms with E-state index in [-0.39, 0.29) is 5.12 Å². The molecule has 3 N–H and O–H groups in total. The Morgan fingerprint density at radius 3 is 2.47 bits per heavy atom. The molecule has 0 saturated carbocycles. The van der Waals surface area contributed by atoms with Crippen molar-refractivity contribution in [3.63, 3.8) is 0 Å². The third-order valence-electron chi connectivity index (χ3n) is 2.09. The van der Waals surface area contributed by atoms with E-state index in [4.69, 9.17) is 10.8 Å². The maximum atomic E-state index is 10.8. The highest BCUT2D eigenvalue weighted by Crippen LogP contribution is 2.16. The molecule has 0 heterocycles. The first kappa shape index (κ1) is 14.5. The molecule has 0 aromatic heterocycles. The molecule has 1 atom stereocenters. The van der Waals surface area contributed by atoms with E-state index in [1.54, 1.807) is 0 Å². The van der Waals surface area contributed by atoms with Gasteiger partial charge in [-0.05, 0) is 19.4 Å². The van der Waals surface area contributed by atoms with Crippen molar-refractivity contribution in [1.29, 1.82) is 0 Å². The van der Waals surface area contributed by atoms with Crippen LogP contribution >= 0.6 is 11.8 Å². The van der Waals surface area contributed by atoms with Crippen LogP contribution in [-0.2, 0) is 9.59 Å². The number of carboxylic acid groups (broad SMARTS) is 1. The normalized spacial score (nSPS) is 12.4. The van der Waals surface area contributed by atoms with Crippen LogP contribution < -0.4 is 5.73 Å². The van der Waals surface area contributed by atoms with E-state index in [1.807, 2.05) is 0 Å². The van der Waals surface area contributed by atoms with E-state index in [0.29, 0.717) is 18.7 Å². The number of carbonyl (C=O) groups excluding carboxylic acids is 1. The molecule has 1 unspecified atom stereocenters. The summed E-state index contributed by atoms with van der Waals surface area (Å²) >= 11 is 1.09. The summed E-state index contributed by atoms with van der Waals surface area (Å²) in [6, 6.07) is 0. The number of nitrogens with two attached hydrogens (primary N) is 1. The zero-order valence-corrected chi connectivity index (χ0v) is 9.89. The molecule has 0 aromatic rings. The quantitative estimate of drug-likeness (QED) is 0.621. The molecule has 88 valence electrons. The Bertz CT molecular complexity index is 209. The van der Waals surface area contributed by atoms with Crippen LogP contribution in [0.15, 0.2) is 0 Å². The van der Waals surface area contributed by atoms with Crippen molar-refractivity contribution in [2.24, 2.45) is 11.7 Å². The molecule has 0 aliphatic heterocycles. The molecule has 0 bridgehead atoms. The lowest BCUT2D eigenvalue weighted by Crippen LogP contribution is -2.17. The van der Waals surface area contributed by atoms with Gasteiger partial charge in [0.05, 0.1) is 5.92 Å². The van der Waals surface area contributed by atoms with Gasteiger partial charge in [0.1, 0.15) is 0 Å². The summed E-state index contributed by atoms with van der Waals surface area (Å²) in [5, 5.41) is 8.87. The van der Waals surface area contributed by atoms with Crippen molar-refractivity contribution < 1.29 is 14.7 Å². The molecule has 4 nitrogen and oxygen atoms in total. The fraction of sp³-hybridized carbons (Fsp3) is 0.800. The highest BCUT2D eigenvalue weighted by atomic mass is 32.2. The Kier molecular flexibility index (Phi) is 8.41. The largest absolute Gasteiger partial charge is 0.481 e. The minimum absolute atomic E-state index is 0.0248. The number of thioether (sulfide) groups is 1. The predicted octanol–water partition coefficient (Wildman–Crippen LogP) is 1.49. The first-order chi connectivity index (χ1) is 7.07. The van der Waals surface area contributed by atoms with Crippen LogP contribution in [0.1, 0.15) is 32.6 Å². The molecule has 0 aliphatic carbocycles. The van der Waals surface area contributed by atoms with Crippen molar-refractivity contribution in [1.82, 2.24) is 0 Å². The van der Waals surface area contributed by atoms with Gasteiger partial charge in [-0.15, -0.1) is 0 Å². The summed E-state index contributed by atoms with van der Waals surface area (Å²) in [7, 11) is 0. The van der Waals surface area contributed by atoms with Gasteiger partial charge >= 0.3 is 5.97 Å². The minimum Gasteiger partial charge on any atom is -0.481 e. The summed E-state index contributed by atoms with van der Waals surface area (Å²) in [6.07, 6.45) is 3.40. The van der Waals surface area contributed by atoms with Crippen LogP contribution in [0.2, 0.25) is 0 Å². The van der Waals surface area contributed by atoms with Crippen molar-refractivity contribution in [3.8, 4) is 0 Å². The van der Waals surface area contributed by atoms with Gasteiger partial charge in [0, 0.05) is 12.7 Å². The van der Waals surface area contributed by atoms with Gasteiger partial charge in [0.25, 0.3) is 0 Å². The van der Waals surface area contributed by atoms with Gasteiger partial charge in [-0.25, -0.2) is 0 Å². The van der Waals surface area contributed by atoms with Gasteiger partial charge in [-0.2, -0.15) is 0 Å². The molecule has 0 saturated heterocycles. The van der Waals surface area contributed by atoms with E-state index >= 15 is 0 Å². The second-order valence-electron chi connectivity index (χ2n) is 3.48. The lowest BCUT2D eigenvalue weighted by Gasteiger charge is -2.10. The average Bonchev–Trinajstić information content (AvgIpc) is 2.15. The van der Waals surface area contributed by atoms with Crippen LogP contribution in [0.3, 0.4) is 0 Å². The zero-order valence-electron chi connectivity index (χ0n) is 9.07. The summed E-state index contributed by atoms with van der Waals surface area (Å²) < 4.78 is 0. The molecule has 5 heteroatoms. The third kappa shape index (κ3) is 8.44. The van der Waals surface area contributed by atoms with Crippen LogP contribution in [0.5, 0.6) is 0 Å². The lowest BCUT2D eigenvalue weighted by atomic mass is 10.0. The Morgan fingerprint density at radius 1 is 1.33 bits per heavy atom. The second-order valence-corrected chi connectivity index (χ2v) is 4.67. The summed E-state index contributed by atoms with van der Waals surface area (Å²) in [5.74, 6) is -0.832. The fourth-order valence-electron chi connectivity index (χ4n) is 1.21. The lowest BCUT2D eigenvalue weighted by molar-refractivity contribution is -0.141. The Hall–Kier alpha value is -0.550. The topological polar surface area (TPSA) is 80.4 Å². The Balaban J connectivity index is 3.73. The van der Waals surface area contributed by atoms with E-state index in [0.717, 1.165) is 31.0 Å². The van der Waals surface area contributed by atoms with E-state index < -0.39 is 11.9 Å². The van der Waals surface area contributed by atoms with Crippen LogP contribution in [-0.4, -0.2) is 28.5 Å². The van der Waals surface area contributed by atoms with Crippen molar-refractivity contribution in [2.45, 2.75) is 32.6 Å². The average molecular weight is 233 g/mol. The van der Waals surface area contributed by atoms with Gasteiger partial charge in [-0.1, -0.05) is 24.6 Å². The smallest absolute Gasteiger partial charge is 0.307 e. The molecule has 0 amide bonds. The van der Waals surface area contributed by atoms with Crippen LogP contribution in [0.25, 0.3) is 0 Å². The van der Waals surface area contributed by atoms with E-state index in [9.17, 15) is 9.59 Å². The summed E-state index contributed by atoms with van der Waals surface area (Å²) in [6.45, 7) is 2.11. The van der Waals surface area contributed by atoms with Crippen molar-refractivity contribution in [3.05, 3.63) is 0 Å². The number of carbonyl (C=O) groups is 2. The van der Waals surface area contributed by atoms with E-state index in [1.165, 1.54) is 6.92 Å². The number of aliphatic carboxylic acids is 1. The molecule has 0 rings (SSSR count). The number of hydrogen-bond acceptors (Lipinski definition) is 4. The first-order valence-electron chi connectivity index (χ1n) is 5.14. The molecular formula is C10H19NO3S. The Labute approximate surface area is 94.6 Å². The summed E-state index contributed by atoms with van der Waals surface area (Å²) in [5.41, 5.74) is 5.34. The molecule has 0 fully saturated rings. The molecular weight excluding hydrogens is 214 g/mol. The number of unbranched alkanes of at least 4 members (excludes halogenated alkanes) is 2. The van der Waals surface area contributed by atoms with Gasteiger partial charge in [0.2, 0.25) is 0 Å². The standard InChI is InChI=1S/C10H19NO3S/c1-8(12)15-7-9(10(13)14)5-3-2-4-6-11/h9H,2-7,11H2,1H3,(H,13,14). The maximum absolute atomic E-state index is 10.8. The monoisotopic (exact) mass is 233 g/mol. The van der Waals surface area contributed by atoms with E-state index in [2.05, 4.69) is 0 Å². The zero-order chi connectivity index (χ0) is 11.7. The summed E-state index contributed by atoms with van der Waals surface area (Å²) in [4.78, 5) is 21.5. The number of rotatable bonds is 8. The molecule has 0 aromatic carbocycles. The first-order valence-corrected chi connectivity index (χ1v) is 6.12. The van der Waals surface area contributed by atoms with Gasteiger partial charge < -0.3 is 10.8 Å². The van der Waals surface area contributed by atoms with Crippen LogP contribution in [0.4, 0.5) is 0 Å². The molecule has 0 aliphatic rings. The highest BCUT2D eigenvalue weighted by molar-refractivity contribution is 8.13. The third-order valence-corrected chi connectivity index (χ3v) is 3.07. The van der Waals surface area contributed by atoms with Crippen molar-refractivity contribution >= 4 is 22.8 Å². The Morgan fingerprint density at radius 2 is 2.00 bits per heavy atom. The predicted molar refractivity (Wildman–Crippen MR) is 61.8 cm³/mol. The SMILES string of the molecule is CC(=O)SCC(CCCCCN)C(=O)O. The molecule has 0 radical (unpaired) electrons. The fourth-order valence-corrected chi connectivity index (χ4v) is 1.95. The number of hydrogen-bond donors (Lipinski definition) is 2. The molecule has 0 spiro atoms. The minimum atomic E-state index is -0.809. The molecule has 15 heavy (non-hydrogen) atoms. The maximum Gasteiger partial charge on any atom is 0.307 e. The second kappa shape index (κ2) is 8.73. The van der Waals surface area contributed by atoms with Crippen LogP contribution in [0, 0.1) is 5.92 Å². The number of carboxylic acids is 1. The highest BCUT2D eigenvalue weighted by Gasteiger charge is 2.17. The van der Waals surface area contributed by atoms with Gasteiger partial charge in [0.15, 0.2) is 5.12 Å². The van der Waals surface area contributed by atoms with Gasteiger partial charge in [-0.3, -0.25) is 9.59 Å².